The van der Waals surface area contributed by atoms with E-state index < -0.39 is 0 Å². The molecule has 0 aliphatic heterocycles. The lowest BCUT2D eigenvalue weighted by molar-refractivity contribution is 0.0950. The van der Waals surface area contributed by atoms with Gasteiger partial charge in [-0.1, -0.05) is 6.92 Å². The second-order valence-electron chi connectivity index (χ2n) is 3.87. The summed E-state index contributed by atoms with van der Waals surface area (Å²) in [7, 11) is 3.33. The van der Waals surface area contributed by atoms with Crippen molar-refractivity contribution in [1.29, 1.82) is 0 Å². The minimum absolute atomic E-state index is 0.161. The summed E-state index contributed by atoms with van der Waals surface area (Å²) in [5.74, 6) is 1.44. The summed E-state index contributed by atoms with van der Waals surface area (Å²) < 4.78 is 6.69. The van der Waals surface area contributed by atoms with Crippen molar-refractivity contribution in [2.24, 2.45) is 18.9 Å². The molecule has 0 bridgehead atoms. The Morgan fingerprint density at radius 3 is 2.86 bits per heavy atom. The molecule has 14 heavy (non-hydrogen) atoms. The van der Waals surface area contributed by atoms with Gasteiger partial charge in [0, 0.05) is 13.0 Å². The van der Waals surface area contributed by atoms with Crippen molar-refractivity contribution >= 4 is 5.78 Å². The number of carbonyl (C=O) groups is 1. The van der Waals surface area contributed by atoms with Crippen LogP contribution in [0.15, 0.2) is 6.20 Å². The molecule has 4 heteroatoms. The van der Waals surface area contributed by atoms with Crippen LogP contribution in [0.3, 0.4) is 0 Å². The van der Waals surface area contributed by atoms with Crippen LogP contribution in [0.25, 0.3) is 0 Å². The molecular weight excluding hydrogens is 180 g/mol. The van der Waals surface area contributed by atoms with Gasteiger partial charge in [-0.25, -0.2) is 0 Å². The Labute approximate surface area is 82.9 Å². The molecule has 1 heterocycles. The third-order valence-corrected chi connectivity index (χ3v) is 2.80. The van der Waals surface area contributed by atoms with E-state index in [0.29, 0.717) is 17.4 Å². The lowest BCUT2D eigenvalue weighted by Crippen LogP contribution is -2.10. The van der Waals surface area contributed by atoms with E-state index in [-0.39, 0.29) is 11.7 Å². The number of aryl methyl sites for hydroxylation is 1. The van der Waals surface area contributed by atoms with E-state index in [2.05, 4.69) is 12.0 Å². The van der Waals surface area contributed by atoms with Crippen molar-refractivity contribution in [1.82, 2.24) is 9.78 Å². The first-order chi connectivity index (χ1) is 6.65. The van der Waals surface area contributed by atoms with Gasteiger partial charge in [0.05, 0.1) is 13.3 Å². The molecule has 0 N–H and O–H groups in total. The summed E-state index contributed by atoms with van der Waals surface area (Å²) in [5.41, 5.74) is 0.599. The molecule has 1 aliphatic rings. The van der Waals surface area contributed by atoms with Crippen LogP contribution >= 0.6 is 0 Å². The van der Waals surface area contributed by atoms with Gasteiger partial charge in [-0.05, 0) is 12.3 Å². The van der Waals surface area contributed by atoms with Crippen molar-refractivity contribution < 1.29 is 9.53 Å². The molecule has 0 aromatic carbocycles. The predicted molar refractivity (Wildman–Crippen MR) is 51.4 cm³/mol. The molecule has 2 unspecified atom stereocenters. The topological polar surface area (TPSA) is 44.1 Å². The zero-order valence-electron chi connectivity index (χ0n) is 8.65. The number of Topliss-reactive ketones (excluding diaryl/α,β-unsaturated/α-hetero) is 1. The Morgan fingerprint density at radius 2 is 2.36 bits per heavy atom. The lowest BCUT2D eigenvalue weighted by atomic mass is 10.1. The lowest BCUT2D eigenvalue weighted by Gasteiger charge is -2.02. The molecule has 0 amide bonds. The molecule has 0 spiro atoms. The molecule has 76 valence electrons. The molecule has 1 saturated carbocycles. The number of carbonyl (C=O) groups excluding carboxylic acids is 1. The number of hydrogen-bond acceptors (Lipinski definition) is 3. The summed E-state index contributed by atoms with van der Waals surface area (Å²) >= 11 is 0. The molecular formula is C10H14N2O2. The van der Waals surface area contributed by atoms with Crippen LogP contribution < -0.4 is 4.74 Å². The summed E-state index contributed by atoms with van der Waals surface area (Å²) in [6.07, 6.45) is 2.58. The van der Waals surface area contributed by atoms with E-state index in [1.807, 2.05) is 0 Å². The summed E-state index contributed by atoms with van der Waals surface area (Å²) in [6, 6.07) is 0. The van der Waals surface area contributed by atoms with E-state index in [9.17, 15) is 4.79 Å². The fraction of sp³-hybridized carbons (Fsp3) is 0.600. The number of hydrogen-bond donors (Lipinski definition) is 0. The average Bonchev–Trinajstić information content (AvgIpc) is 2.76. The van der Waals surface area contributed by atoms with Gasteiger partial charge in [-0.15, -0.1) is 0 Å². The van der Waals surface area contributed by atoms with Gasteiger partial charge in [0.25, 0.3) is 0 Å². The molecule has 2 rings (SSSR count). The van der Waals surface area contributed by atoms with Crippen LogP contribution in [0, 0.1) is 11.8 Å². The first-order valence-electron chi connectivity index (χ1n) is 4.75. The molecule has 1 aromatic heterocycles. The molecule has 4 nitrogen and oxygen atoms in total. The van der Waals surface area contributed by atoms with E-state index >= 15 is 0 Å². The van der Waals surface area contributed by atoms with Gasteiger partial charge in [0.1, 0.15) is 5.69 Å². The van der Waals surface area contributed by atoms with E-state index in [4.69, 9.17) is 4.74 Å². The van der Waals surface area contributed by atoms with Crippen molar-refractivity contribution in [2.45, 2.75) is 13.3 Å². The van der Waals surface area contributed by atoms with Gasteiger partial charge in [0.2, 0.25) is 0 Å². The maximum atomic E-state index is 11.9. The van der Waals surface area contributed by atoms with Gasteiger partial charge in [-0.2, -0.15) is 5.10 Å². The average molecular weight is 194 g/mol. The van der Waals surface area contributed by atoms with Crippen molar-refractivity contribution in [2.75, 3.05) is 7.11 Å². The van der Waals surface area contributed by atoms with Crippen LogP contribution in [-0.4, -0.2) is 22.7 Å². The third-order valence-electron chi connectivity index (χ3n) is 2.80. The molecule has 0 radical (unpaired) electrons. The van der Waals surface area contributed by atoms with Gasteiger partial charge < -0.3 is 4.74 Å². The fourth-order valence-electron chi connectivity index (χ4n) is 1.71. The second kappa shape index (κ2) is 3.12. The quantitative estimate of drug-likeness (QED) is 0.680. The van der Waals surface area contributed by atoms with Crippen LogP contribution in [0.2, 0.25) is 0 Å². The van der Waals surface area contributed by atoms with Crippen LogP contribution in [-0.2, 0) is 7.05 Å². The van der Waals surface area contributed by atoms with E-state index in [1.165, 1.54) is 0 Å². The van der Waals surface area contributed by atoms with Gasteiger partial charge in [-0.3, -0.25) is 9.48 Å². The summed E-state index contributed by atoms with van der Waals surface area (Å²) in [4.78, 5) is 11.9. The van der Waals surface area contributed by atoms with E-state index in [0.717, 1.165) is 6.42 Å². The first kappa shape index (κ1) is 9.24. The Bertz CT molecular complexity index is 370. The van der Waals surface area contributed by atoms with Crippen molar-refractivity contribution in [3.63, 3.8) is 0 Å². The SMILES string of the molecule is COc1cnn(C)c1C(=O)C1CC1C. The number of ether oxygens (including phenoxy) is 1. The minimum atomic E-state index is 0.161. The Morgan fingerprint density at radius 1 is 1.71 bits per heavy atom. The molecule has 0 saturated heterocycles. The largest absolute Gasteiger partial charge is 0.493 e. The molecule has 1 fully saturated rings. The highest BCUT2D eigenvalue weighted by atomic mass is 16.5. The van der Waals surface area contributed by atoms with Gasteiger partial charge in [0.15, 0.2) is 11.5 Å². The smallest absolute Gasteiger partial charge is 0.188 e. The zero-order chi connectivity index (χ0) is 10.3. The fourth-order valence-corrected chi connectivity index (χ4v) is 1.71. The maximum Gasteiger partial charge on any atom is 0.188 e. The van der Waals surface area contributed by atoms with E-state index in [1.54, 1.807) is 25.0 Å². The van der Waals surface area contributed by atoms with Crippen LogP contribution in [0.4, 0.5) is 0 Å². The van der Waals surface area contributed by atoms with Gasteiger partial charge >= 0.3 is 0 Å². The monoisotopic (exact) mass is 194 g/mol. The zero-order valence-corrected chi connectivity index (χ0v) is 8.65. The number of methoxy groups -OCH3 is 1. The highest BCUT2D eigenvalue weighted by Crippen LogP contribution is 2.41. The maximum absolute atomic E-state index is 11.9. The Balaban J connectivity index is 2.30. The summed E-state index contributed by atoms with van der Waals surface area (Å²) in [5, 5.41) is 4.01. The number of ketones is 1. The second-order valence-corrected chi connectivity index (χ2v) is 3.87. The predicted octanol–water partition coefficient (Wildman–Crippen LogP) is 1.27. The molecule has 1 aromatic rings. The molecule has 1 aliphatic carbocycles. The normalized spacial score (nSPS) is 24.8. The highest BCUT2D eigenvalue weighted by Gasteiger charge is 2.41. The van der Waals surface area contributed by atoms with Crippen molar-refractivity contribution in [3.05, 3.63) is 11.9 Å². The number of aromatic nitrogens is 2. The third kappa shape index (κ3) is 1.31. The minimum Gasteiger partial charge on any atom is -0.493 e. The van der Waals surface area contributed by atoms with Crippen LogP contribution in [0.1, 0.15) is 23.8 Å². The highest BCUT2D eigenvalue weighted by molar-refractivity contribution is 6.00. The summed E-state index contributed by atoms with van der Waals surface area (Å²) in [6.45, 7) is 2.09. The Kier molecular flexibility index (Phi) is 2.06. The van der Waals surface area contributed by atoms with Crippen molar-refractivity contribution in [3.8, 4) is 5.75 Å². The first-order valence-corrected chi connectivity index (χ1v) is 4.75. The number of rotatable bonds is 3. The van der Waals surface area contributed by atoms with Crippen LogP contribution in [0.5, 0.6) is 5.75 Å². The standard InChI is InChI=1S/C10H14N2O2/c1-6-4-7(6)10(13)9-8(14-3)5-11-12(9)2/h5-7H,4H2,1-3H3. The Hall–Kier alpha value is -1.32. The molecule has 2 atom stereocenters. The number of nitrogens with zero attached hydrogens (tertiary/aromatic N) is 2.